The SMILES string of the molecule is Cc1cc(NC(=O)C[C@H](N)c2ccccc2C)n[nH]1. The normalized spacial score (nSPS) is 12.2. The van der Waals surface area contributed by atoms with E-state index in [1.54, 1.807) is 6.07 Å². The van der Waals surface area contributed by atoms with Gasteiger partial charge in [0, 0.05) is 24.2 Å². The molecule has 100 valence electrons. The van der Waals surface area contributed by atoms with E-state index in [0.717, 1.165) is 16.8 Å². The van der Waals surface area contributed by atoms with Crippen LogP contribution in [0.1, 0.15) is 29.3 Å². The summed E-state index contributed by atoms with van der Waals surface area (Å²) < 4.78 is 0. The van der Waals surface area contributed by atoms with Crippen molar-refractivity contribution in [1.29, 1.82) is 0 Å². The molecule has 0 fully saturated rings. The zero-order valence-corrected chi connectivity index (χ0v) is 11.1. The Morgan fingerprint density at radius 3 is 2.79 bits per heavy atom. The van der Waals surface area contributed by atoms with E-state index in [-0.39, 0.29) is 18.4 Å². The standard InChI is InChI=1S/C14H18N4O/c1-9-5-3-4-6-11(9)12(15)8-14(19)16-13-7-10(2)17-18-13/h3-7,12H,8,15H2,1-2H3,(H2,16,17,18,19)/t12-/m0/s1. The van der Waals surface area contributed by atoms with Crippen LogP contribution in [0.25, 0.3) is 0 Å². The molecule has 19 heavy (non-hydrogen) atoms. The van der Waals surface area contributed by atoms with Gasteiger partial charge in [-0.1, -0.05) is 24.3 Å². The van der Waals surface area contributed by atoms with Crippen LogP contribution in [-0.2, 0) is 4.79 Å². The van der Waals surface area contributed by atoms with Gasteiger partial charge >= 0.3 is 0 Å². The molecule has 0 spiro atoms. The summed E-state index contributed by atoms with van der Waals surface area (Å²) in [5.74, 6) is 0.390. The molecule has 0 saturated heterocycles. The topological polar surface area (TPSA) is 83.8 Å². The molecule has 1 aromatic heterocycles. The number of rotatable bonds is 4. The number of aromatic nitrogens is 2. The molecule has 4 N–H and O–H groups in total. The number of amides is 1. The van der Waals surface area contributed by atoms with Crippen LogP contribution in [0.3, 0.4) is 0 Å². The Kier molecular flexibility index (Phi) is 3.97. The van der Waals surface area contributed by atoms with Crippen LogP contribution in [0.5, 0.6) is 0 Å². The first-order valence-electron chi connectivity index (χ1n) is 6.19. The lowest BCUT2D eigenvalue weighted by atomic mass is 9.99. The molecule has 0 aliphatic heterocycles. The van der Waals surface area contributed by atoms with Crippen molar-refractivity contribution < 1.29 is 4.79 Å². The molecule has 2 aromatic rings. The van der Waals surface area contributed by atoms with Crippen LogP contribution in [0.4, 0.5) is 5.82 Å². The van der Waals surface area contributed by atoms with E-state index in [9.17, 15) is 4.79 Å². The lowest BCUT2D eigenvalue weighted by Gasteiger charge is -2.13. The van der Waals surface area contributed by atoms with Crippen molar-refractivity contribution in [3.63, 3.8) is 0 Å². The van der Waals surface area contributed by atoms with Crippen molar-refractivity contribution in [3.8, 4) is 0 Å². The molecule has 2 rings (SSSR count). The zero-order chi connectivity index (χ0) is 13.8. The highest BCUT2D eigenvalue weighted by Gasteiger charge is 2.14. The van der Waals surface area contributed by atoms with Crippen LogP contribution < -0.4 is 11.1 Å². The first-order chi connectivity index (χ1) is 9.06. The van der Waals surface area contributed by atoms with Gasteiger partial charge in [-0.3, -0.25) is 9.89 Å². The Morgan fingerprint density at radius 1 is 1.42 bits per heavy atom. The molecule has 1 heterocycles. The van der Waals surface area contributed by atoms with Gasteiger partial charge in [-0.15, -0.1) is 0 Å². The van der Waals surface area contributed by atoms with Gasteiger partial charge in [0.1, 0.15) is 0 Å². The van der Waals surface area contributed by atoms with Crippen LogP contribution in [-0.4, -0.2) is 16.1 Å². The molecule has 0 saturated carbocycles. The van der Waals surface area contributed by atoms with E-state index in [0.29, 0.717) is 5.82 Å². The van der Waals surface area contributed by atoms with Crippen LogP contribution in [0, 0.1) is 13.8 Å². The average Bonchev–Trinajstić information content (AvgIpc) is 2.74. The number of nitrogens with zero attached hydrogens (tertiary/aromatic N) is 1. The number of carbonyl (C=O) groups excluding carboxylic acids is 1. The summed E-state index contributed by atoms with van der Waals surface area (Å²) in [6, 6.07) is 9.30. The quantitative estimate of drug-likeness (QED) is 0.784. The number of carbonyl (C=O) groups is 1. The molecular weight excluding hydrogens is 240 g/mol. The molecule has 1 amide bonds. The Morgan fingerprint density at radius 2 is 2.16 bits per heavy atom. The first-order valence-corrected chi connectivity index (χ1v) is 6.19. The van der Waals surface area contributed by atoms with E-state index in [2.05, 4.69) is 15.5 Å². The minimum Gasteiger partial charge on any atom is -0.324 e. The third-order valence-electron chi connectivity index (χ3n) is 2.97. The van der Waals surface area contributed by atoms with Gasteiger partial charge in [0.2, 0.25) is 5.91 Å². The number of aromatic amines is 1. The van der Waals surface area contributed by atoms with E-state index in [1.807, 2.05) is 38.1 Å². The minimum absolute atomic E-state index is 0.137. The second-order valence-corrected chi connectivity index (χ2v) is 4.65. The van der Waals surface area contributed by atoms with Crippen molar-refractivity contribution in [2.45, 2.75) is 26.3 Å². The monoisotopic (exact) mass is 258 g/mol. The molecule has 0 unspecified atom stereocenters. The summed E-state index contributed by atoms with van der Waals surface area (Å²) in [6.07, 6.45) is 0.233. The summed E-state index contributed by atoms with van der Waals surface area (Å²) >= 11 is 0. The number of anilines is 1. The molecule has 0 radical (unpaired) electrons. The fourth-order valence-electron chi connectivity index (χ4n) is 1.99. The highest BCUT2D eigenvalue weighted by molar-refractivity contribution is 5.90. The molecule has 1 atom stereocenters. The van der Waals surface area contributed by atoms with E-state index >= 15 is 0 Å². The minimum atomic E-state index is -0.304. The highest BCUT2D eigenvalue weighted by atomic mass is 16.1. The van der Waals surface area contributed by atoms with Crippen LogP contribution in [0.2, 0.25) is 0 Å². The first kappa shape index (κ1) is 13.3. The number of H-pyrrole nitrogens is 1. The zero-order valence-electron chi connectivity index (χ0n) is 11.1. The highest BCUT2D eigenvalue weighted by Crippen LogP contribution is 2.18. The maximum Gasteiger partial charge on any atom is 0.227 e. The largest absolute Gasteiger partial charge is 0.324 e. The summed E-state index contributed by atoms with van der Waals surface area (Å²) in [5.41, 5.74) is 9.06. The van der Waals surface area contributed by atoms with Crippen molar-refractivity contribution in [2.24, 2.45) is 5.73 Å². The summed E-state index contributed by atoms with van der Waals surface area (Å²) in [4.78, 5) is 11.9. The van der Waals surface area contributed by atoms with E-state index < -0.39 is 0 Å². The Labute approximate surface area is 112 Å². The van der Waals surface area contributed by atoms with Crippen LogP contribution in [0.15, 0.2) is 30.3 Å². The van der Waals surface area contributed by atoms with Gasteiger partial charge in [-0.25, -0.2) is 0 Å². The predicted octanol–water partition coefficient (Wildman–Crippen LogP) is 2.06. The second-order valence-electron chi connectivity index (χ2n) is 4.65. The summed E-state index contributed by atoms with van der Waals surface area (Å²) in [5, 5.41) is 9.45. The molecular formula is C14H18N4O. The van der Waals surface area contributed by atoms with E-state index in [1.165, 1.54) is 0 Å². The second kappa shape index (κ2) is 5.67. The average molecular weight is 258 g/mol. The maximum atomic E-state index is 11.9. The fourth-order valence-corrected chi connectivity index (χ4v) is 1.99. The lowest BCUT2D eigenvalue weighted by Crippen LogP contribution is -2.21. The number of benzene rings is 1. The Bertz CT molecular complexity index is 576. The third-order valence-corrected chi connectivity index (χ3v) is 2.97. The lowest BCUT2D eigenvalue weighted by molar-refractivity contribution is -0.116. The van der Waals surface area contributed by atoms with Gasteiger partial charge in [0.25, 0.3) is 0 Å². The third kappa shape index (κ3) is 3.42. The fraction of sp³-hybridized carbons (Fsp3) is 0.286. The predicted molar refractivity (Wildman–Crippen MR) is 74.7 cm³/mol. The van der Waals surface area contributed by atoms with Gasteiger partial charge < -0.3 is 11.1 Å². The number of nitrogens with one attached hydrogen (secondary N) is 2. The number of nitrogens with two attached hydrogens (primary N) is 1. The number of hydrogen-bond donors (Lipinski definition) is 3. The summed E-state index contributed by atoms with van der Waals surface area (Å²) in [7, 11) is 0. The van der Waals surface area contributed by atoms with Crippen molar-refractivity contribution in [2.75, 3.05) is 5.32 Å². The van der Waals surface area contributed by atoms with Gasteiger partial charge in [0.05, 0.1) is 0 Å². The number of aryl methyl sites for hydroxylation is 2. The van der Waals surface area contributed by atoms with Crippen molar-refractivity contribution >= 4 is 11.7 Å². The molecule has 0 bridgehead atoms. The summed E-state index contributed by atoms with van der Waals surface area (Å²) in [6.45, 7) is 3.87. The van der Waals surface area contributed by atoms with Crippen molar-refractivity contribution in [3.05, 3.63) is 47.2 Å². The molecule has 0 aliphatic rings. The van der Waals surface area contributed by atoms with Gasteiger partial charge in [-0.2, -0.15) is 5.10 Å². The molecule has 5 nitrogen and oxygen atoms in total. The Balaban J connectivity index is 1.97. The molecule has 0 aliphatic carbocycles. The number of hydrogen-bond acceptors (Lipinski definition) is 3. The Hall–Kier alpha value is -2.14. The molecule has 5 heteroatoms. The smallest absolute Gasteiger partial charge is 0.227 e. The molecule has 1 aromatic carbocycles. The maximum absolute atomic E-state index is 11.9. The van der Waals surface area contributed by atoms with E-state index in [4.69, 9.17) is 5.73 Å². The van der Waals surface area contributed by atoms with Gasteiger partial charge in [-0.05, 0) is 25.0 Å². The van der Waals surface area contributed by atoms with Crippen molar-refractivity contribution in [1.82, 2.24) is 10.2 Å². The van der Waals surface area contributed by atoms with Crippen LogP contribution >= 0.6 is 0 Å². The van der Waals surface area contributed by atoms with Gasteiger partial charge in [0.15, 0.2) is 5.82 Å².